The van der Waals surface area contributed by atoms with E-state index in [0.29, 0.717) is 13.0 Å². The Morgan fingerprint density at radius 1 is 1.19 bits per heavy atom. The predicted octanol–water partition coefficient (Wildman–Crippen LogP) is 1.94. The lowest BCUT2D eigenvalue weighted by Gasteiger charge is -2.30. The topological polar surface area (TPSA) is 40.5 Å². The molecule has 16 heavy (non-hydrogen) atoms. The Balaban J connectivity index is 1.70. The zero-order chi connectivity index (χ0) is 11.4. The van der Waals surface area contributed by atoms with E-state index in [1.54, 1.807) is 0 Å². The van der Waals surface area contributed by atoms with Gasteiger partial charge in [0.1, 0.15) is 0 Å². The van der Waals surface area contributed by atoms with Gasteiger partial charge in [-0.2, -0.15) is 0 Å². The number of amides is 1. The van der Waals surface area contributed by atoms with Gasteiger partial charge in [-0.25, -0.2) is 0 Å². The number of hydrogen-bond donors (Lipinski definition) is 1. The van der Waals surface area contributed by atoms with Crippen molar-refractivity contribution in [1.29, 1.82) is 0 Å². The minimum absolute atomic E-state index is 0.255. The molecule has 0 aromatic heterocycles. The summed E-state index contributed by atoms with van der Waals surface area (Å²) in [5, 5.41) is 9.51. The van der Waals surface area contributed by atoms with Crippen LogP contribution in [0.25, 0.3) is 0 Å². The lowest BCUT2D eigenvalue weighted by Crippen LogP contribution is -2.42. The summed E-state index contributed by atoms with van der Waals surface area (Å²) in [7, 11) is 0. The van der Waals surface area contributed by atoms with Gasteiger partial charge in [0, 0.05) is 19.5 Å². The van der Waals surface area contributed by atoms with Crippen LogP contribution < -0.4 is 0 Å². The second-order valence-electron chi connectivity index (χ2n) is 5.32. The Hall–Kier alpha value is -0.570. The number of hydrogen-bond acceptors (Lipinski definition) is 2. The maximum absolute atomic E-state index is 11.9. The van der Waals surface area contributed by atoms with Crippen molar-refractivity contribution in [3.63, 3.8) is 0 Å². The summed E-state index contributed by atoms with van der Waals surface area (Å²) in [5.74, 6) is 1.05. The van der Waals surface area contributed by atoms with Gasteiger partial charge < -0.3 is 10.0 Å². The molecule has 0 bridgehead atoms. The minimum Gasteiger partial charge on any atom is -0.391 e. The number of rotatable bonds is 3. The van der Waals surface area contributed by atoms with Gasteiger partial charge in [-0.1, -0.05) is 25.7 Å². The molecular formula is C13H23NO2. The summed E-state index contributed by atoms with van der Waals surface area (Å²) in [4.78, 5) is 13.8. The average molecular weight is 225 g/mol. The van der Waals surface area contributed by atoms with Crippen LogP contribution in [0.5, 0.6) is 0 Å². The molecule has 1 saturated heterocycles. The number of likely N-dealkylation sites (tertiary alicyclic amines) is 1. The van der Waals surface area contributed by atoms with Crippen LogP contribution in [-0.2, 0) is 4.79 Å². The third kappa shape index (κ3) is 3.21. The molecular weight excluding hydrogens is 202 g/mol. The first kappa shape index (κ1) is 11.9. The van der Waals surface area contributed by atoms with Crippen molar-refractivity contribution in [2.45, 2.75) is 57.5 Å². The molecule has 0 radical (unpaired) electrons. The average Bonchev–Trinajstić information content (AvgIpc) is 2.78. The van der Waals surface area contributed by atoms with Gasteiger partial charge >= 0.3 is 0 Å². The van der Waals surface area contributed by atoms with Gasteiger partial charge in [0.15, 0.2) is 0 Å². The number of carbonyl (C=O) groups excluding carboxylic acids is 1. The first-order valence-electron chi connectivity index (χ1n) is 6.71. The van der Waals surface area contributed by atoms with E-state index in [2.05, 4.69) is 0 Å². The van der Waals surface area contributed by atoms with Crippen molar-refractivity contribution < 1.29 is 9.90 Å². The van der Waals surface area contributed by atoms with Crippen molar-refractivity contribution in [1.82, 2.24) is 4.90 Å². The van der Waals surface area contributed by atoms with Crippen LogP contribution in [0.4, 0.5) is 0 Å². The Morgan fingerprint density at radius 3 is 2.62 bits per heavy atom. The van der Waals surface area contributed by atoms with Crippen LogP contribution in [0.15, 0.2) is 0 Å². The standard InChI is InChI=1S/C13H23NO2/c15-12-6-3-9-14(10-12)13(16)8-7-11-4-1-2-5-11/h11-12,15H,1-10H2/t12-/m0/s1. The Labute approximate surface area is 97.8 Å². The third-order valence-corrected chi connectivity index (χ3v) is 3.99. The second kappa shape index (κ2) is 5.67. The van der Waals surface area contributed by atoms with E-state index >= 15 is 0 Å². The maximum atomic E-state index is 11.9. The number of aliphatic hydroxyl groups excluding tert-OH is 1. The molecule has 1 amide bonds. The van der Waals surface area contributed by atoms with Crippen molar-refractivity contribution in [2.75, 3.05) is 13.1 Å². The summed E-state index contributed by atoms with van der Waals surface area (Å²) in [6.45, 7) is 1.41. The molecule has 1 saturated carbocycles. The number of β-amino-alcohol motifs (C(OH)–C–C–N with tert-alkyl or cyclic N) is 1. The molecule has 1 aliphatic carbocycles. The first-order chi connectivity index (χ1) is 7.75. The van der Waals surface area contributed by atoms with E-state index in [0.717, 1.165) is 31.7 Å². The van der Waals surface area contributed by atoms with Gasteiger partial charge in [-0.05, 0) is 25.2 Å². The SMILES string of the molecule is O=C(CCC1CCCC1)N1CCC[C@H](O)C1. The van der Waals surface area contributed by atoms with E-state index < -0.39 is 0 Å². The molecule has 92 valence electrons. The minimum atomic E-state index is -0.288. The number of carbonyl (C=O) groups is 1. The quantitative estimate of drug-likeness (QED) is 0.797. The fourth-order valence-electron chi connectivity index (χ4n) is 2.97. The van der Waals surface area contributed by atoms with Gasteiger partial charge in [-0.3, -0.25) is 4.79 Å². The van der Waals surface area contributed by atoms with Gasteiger partial charge in [-0.15, -0.1) is 0 Å². The van der Waals surface area contributed by atoms with Gasteiger partial charge in [0.2, 0.25) is 5.91 Å². The van der Waals surface area contributed by atoms with Crippen molar-refractivity contribution in [2.24, 2.45) is 5.92 Å². The fourth-order valence-corrected chi connectivity index (χ4v) is 2.97. The van der Waals surface area contributed by atoms with Crippen LogP contribution in [0.2, 0.25) is 0 Å². The predicted molar refractivity (Wildman–Crippen MR) is 63.0 cm³/mol. The summed E-state index contributed by atoms with van der Waals surface area (Å²) in [5.41, 5.74) is 0. The lowest BCUT2D eigenvalue weighted by molar-refractivity contribution is -0.134. The molecule has 0 aromatic carbocycles. The van der Waals surface area contributed by atoms with Crippen LogP contribution in [0, 0.1) is 5.92 Å². The molecule has 1 atom stereocenters. The molecule has 0 unspecified atom stereocenters. The van der Waals surface area contributed by atoms with Crippen molar-refractivity contribution in [3.05, 3.63) is 0 Å². The van der Waals surface area contributed by atoms with E-state index in [1.807, 2.05) is 4.90 Å². The van der Waals surface area contributed by atoms with Crippen LogP contribution in [-0.4, -0.2) is 35.1 Å². The molecule has 2 fully saturated rings. The molecule has 2 rings (SSSR count). The molecule has 0 spiro atoms. The third-order valence-electron chi connectivity index (χ3n) is 3.99. The molecule has 2 aliphatic rings. The highest BCUT2D eigenvalue weighted by Crippen LogP contribution is 2.28. The molecule has 0 aromatic rings. The highest BCUT2D eigenvalue weighted by Gasteiger charge is 2.23. The monoisotopic (exact) mass is 225 g/mol. The smallest absolute Gasteiger partial charge is 0.222 e. The summed E-state index contributed by atoms with van der Waals surface area (Å²) in [6.07, 6.45) is 8.60. The van der Waals surface area contributed by atoms with Crippen LogP contribution >= 0.6 is 0 Å². The number of piperidine rings is 1. The molecule has 3 nitrogen and oxygen atoms in total. The van der Waals surface area contributed by atoms with Gasteiger partial charge in [0.05, 0.1) is 6.10 Å². The summed E-state index contributed by atoms with van der Waals surface area (Å²) < 4.78 is 0. The number of aliphatic hydroxyl groups is 1. The summed E-state index contributed by atoms with van der Waals surface area (Å²) >= 11 is 0. The van der Waals surface area contributed by atoms with Crippen molar-refractivity contribution in [3.8, 4) is 0 Å². The van der Waals surface area contributed by atoms with Crippen LogP contribution in [0.1, 0.15) is 51.4 Å². The normalized spacial score (nSPS) is 27.3. The van der Waals surface area contributed by atoms with Gasteiger partial charge in [0.25, 0.3) is 0 Å². The Kier molecular flexibility index (Phi) is 4.22. The second-order valence-corrected chi connectivity index (χ2v) is 5.32. The lowest BCUT2D eigenvalue weighted by atomic mass is 10.0. The molecule has 1 N–H and O–H groups in total. The van der Waals surface area contributed by atoms with E-state index in [1.165, 1.54) is 25.7 Å². The molecule has 3 heteroatoms. The Bertz CT molecular complexity index is 236. The molecule has 1 heterocycles. The highest BCUT2D eigenvalue weighted by molar-refractivity contribution is 5.76. The molecule has 1 aliphatic heterocycles. The highest BCUT2D eigenvalue weighted by atomic mass is 16.3. The van der Waals surface area contributed by atoms with E-state index in [9.17, 15) is 9.90 Å². The maximum Gasteiger partial charge on any atom is 0.222 e. The van der Waals surface area contributed by atoms with Crippen LogP contribution in [0.3, 0.4) is 0 Å². The first-order valence-corrected chi connectivity index (χ1v) is 6.71. The zero-order valence-electron chi connectivity index (χ0n) is 10.0. The van der Waals surface area contributed by atoms with E-state index in [-0.39, 0.29) is 12.0 Å². The van der Waals surface area contributed by atoms with Crippen molar-refractivity contribution >= 4 is 5.91 Å². The zero-order valence-corrected chi connectivity index (χ0v) is 10.0. The number of nitrogens with zero attached hydrogens (tertiary/aromatic N) is 1. The summed E-state index contributed by atoms with van der Waals surface area (Å²) in [6, 6.07) is 0. The largest absolute Gasteiger partial charge is 0.391 e. The fraction of sp³-hybridized carbons (Fsp3) is 0.923. The Morgan fingerprint density at radius 2 is 1.94 bits per heavy atom. The van der Waals surface area contributed by atoms with E-state index in [4.69, 9.17) is 0 Å².